The molecular formula is C40H48FN7O4S2Si. The number of ether oxygens (including phenoxy) is 3. The second-order valence-electron chi connectivity index (χ2n) is 14.8. The minimum atomic E-state index is -1.22. The number of benzene rings is 2. The van der Waals surface area contributed by atoms with Gasteiger partial charge < -0.3 is 19.1 Å². The fraction of sp³-hybridized carbons (Fsp3) is 0.425. The average molecular weight is 802 g/mol. The third-order valence-corrected chi connectivity index (χ3v) is 12.9. The molecule has 0 unspecified atom stereocenters. The monoisotopic (exact) mass is 801 g/mol. The van der Waals surface area contributed by atoms with Crippen molar-refractivity contribution in [2.75, 3.05) is 52.4 Å². The largest absolute Gasteiger partial charge is 0.490 e. The molecule has 0 N–H and O–H groups in total. The van der Waals surface area contributed by atoms with Crippen molar-refractivity contribution < 1.29 is 23.4 Å². The Morgan fingerprint density at radius 1 is 1.11 bits per heavy atom. The summed E-state index contributed by atoms with van der Waals surface area (Å²) < 4.78 is 34.9. The Bertz CT molecular complexity index is 2290. The van der Waals surface area contributed by atoms with E-state index in [-0.39, 0.29) is 18.1 Å². The molecule has 5 aromatic rings. The van der Waals surface area contributed by atoms with Gasteiger partial charge in [0.25, 0.3) is 0 Å². The maximum Gasteiger partial charge on any atom is 0.357 e. The molecule has 0 saturated heterocycles. The Morgan fingerprint density at radius 3 is 2.71 bits per heavy atom. The number of nitrogens with zero attached hydrogens (tertiary/aromatic N) is 7. The van der Waals surface area contributed by atoms with Gasteiger partial charge in [-0.25, -0.2) is 14.2 Å². The molecule has 3 aromatic heterocycles. The molecule has 6 rings (SSSR count). The van der Waals surface area contributed by atoms with Crippen LogP contribution in [0.1, 0.15) is 44.9 Å². The summed E-state index contributed by atoms with van der Waals surface area (Å²) in [5.74, 6) is 6.57. The van der Waals surface area contributed by atoms with Crippen LogP contribution in [0.4, 0.5) is 21.2 Å². The van der Waals surface area contributed by atoms with Crippen molar-refractivity contribution in [2.45, 2.75) is 65.0 Å². The normalized spacial score (nSPS) is 13.3. The average Bonchev–Trinajstić information content (AvgIpc) is 3.74. The molecule has 0 saturated carbocycles. The number of fused-ring (bicyclic) bond motifs is 2. The number of carbonyl (C=O) groups excluding carboxylic acids is 1. The van der Waals surface area contributed by atoms with E-state index in [2.05, 4.69) is 53.3 Å². The van der Waals surface area contributed by atoms with E-state index in [9.17, 15) is 9.18 Å². The third kappa shape index (κ3) is 10.1. The van der Waals surface area contributed by atoms with Gasteiger partial charge in [0, 0.05) is 42.8 Å². The van der Waals surface area contributed by atoms with E-state index in [4.69, 9.17) is 29.3 Å². The van der Waals surface area contributed by atoms with E-state index in [1.807, 2.05) is 43.0 Å². The van der Waals surface area contributed by atoms with Crippen LogP contribution in [0.5, 0.6) is 5.75 Å². The number of anilines is 2. The third-order valence-electron chi connectivity index (χ3n) is 9.03. The highest BCUT2D eigenvalue weighted by Gasteiger charge is 2.29. The Hall–Kier alpha value is -4.46. The van der Waals surface area contributed by atoms with Gasteiger partial charge in [0.15, 0.2) is 38.8 Å². The van der Waals surface area contributed by atoms with Gasteiger partial charge in [-0.3, -0.25) is 9.47 Å². The zero-order chi connectivity index (χ0) is 39.1. The summed E-state index contributed by atoms with van der Waals surface area (Å²) in [6.45, 7) is 11.7. The number of methoxy groups -OCH3 is 1. The van der Waals surface area contributed by atoms with Gasteiger partial charge in [-0.1, -0.05) is 55.0 Å². The molecule has 0 fully saturated rings. The lowest BCUT2D eigenvalue weighted by Crippen LogP contribution is -2.27. The molecule has 0 spiro atoms. The number of esters is 1. The minimum Gasteiger partial charge on any atom is -0.490 e. The first-order valence-electron chi connectivity index (χ1n) is 18.4. The second kappa shape index (κ2) is 18.0. The van der Waals surface area contributed by atoms with Gasteiger partial charge in [0.05, 0.1) is 30.5 Å². The highest BCUT2D eigenvalue weighted by Crippen LogP contribution is 2.39. The van der Waals surface area contributed by atoms with E-state index in [0.29, 0.717) is 61.6 Å². The smallest absolute Gasteiger partial charge is 0.357 e. The predicted octanol–water partition coefficient (Wildman–Crippen LogP) is 7.74. The van der Waals surface area contributed by atoms with E-state index >= 15 is 0 Å². The Kier molecular flexibility index (Phi) is 13.2. The van der Waals surface area contributed by atoms with Gasteiger partial charge in [0.1, 0.15) is 6.73 Å². The maximum atomic E-state index is 14.6. The lowest BCUT2D eigenvalue weighted by molar-refractivity contribution is 0.0593. The number of aromatic nitrogens is 4. The number of halogens is 1. The summed E-state index contributed by atoms with van der Waals surface area (Å²) in [5, 5.41) is 9.99. The van der Waals surface area contributed by atoms with Crippen LogP contribution >= 0.6 is 22.7 Å². The highest BCUT2D eigenvalue weighted by molar-refractivity contribution is 7.16. The highest BCUT2D eigenvalue weighted by atomic mass is 32.1. The number of thiazole rings is 2. The molecular weight excluding hydrogens is 754 g/mol. The Balaban J connectivity index is 1.21. The van der Waals surface area contributed by atoms with E-state index in [1.165, 1.54) is 24.5 Å². The molecule has 0 bridgehead atoms. The van der Waals surface area contributed by atoms with Gasteiger partial charge in [-0.05, 0) is 83.1 Å². The van der Waals surface area contributed by atoms with Crippen LogP contribution in [0, 0.1) is 24.6 Å². The summed E-state index contributed by atoms with van der Waals surface area (Å²) in [6.07, 6.45) is 2.71. The molecule has 4 heterocycles. The zero-order valence-corrected chi connectivity index (χ0v) is 35.2. The molecule has 290 valence electrons. The summed E-state index contributed by atoms with van der Waals surface area (Å²) >= 11 is 3.03. The summed E-state index contributed by atoms with van der Waals surface area (Å²) in [6, 6.07) is 14.0. The molecule has 0 radical (unpaired) electrons. The summed E-state index contributed by atoms with van der Waals surface area (Å²) in [4.78, 5) is 28.3. The van der Waals surface area contributed by atoms with Gasteiger partial charge in [-0.2, -0.15) is 4.99 Å². The van der Waals surface area contributed by atoms with E-state index in [1.54, 1.807) is 23.5 Å². The first-order valence-corrected chi connectivity index (χ1v) is 23.7. The van der Waals surface area contributed by atoms with Crippen molar-refractivity contribution in [2.24, 2.45) is 4.99 Å². The molecule has 55 heavy (non-hydrogen) atoms. The fourth-order valence-electron chi connectivity index (χ4n) is 6.00. The molecule has 1 aliphatic rings. The van der Waals surface area contributed by atoms with E-state index < -0.39 is 19.9 Å². The lowest BCUT2D eigenvalue weighted by atomic mass is 10.0. The molecule has 0 atom stereocenters. The number of hydrogen-bond acceptors (Lipinski definition) is 12. The van der Waals surface area contributed by atoms with Gasteiger partial charge >= 0.3 is 5.97 Å². The molecule has 11 nitrogen and oxygen atoms in total. The van der Waals surface area contributed by atoms with Crippen molar-refractivity contribution in [1.29, 1.82) is 0 Å². The molecule has 1 aliphatic heterocycles. The first kappa shape index (κ1) is 40.2. The Morgan fingerprint density at radius 2 is 1.93 bits per heavy atom. The summed E-state index contributed by atoms with van der Waals surface area (Å²) in [5.41, 5.74) is 4.03. The first-order chi connectivity index (χ1) is 26.4. The Labute approximate surface area is 330 Å². The molecule has 2 aromatic carbocycles. The van der Waals surface area contributed by atoms with Crippen molar-refractivity contribution in [3.05, 3.63) is 80.3 Å². The van der Waals surface area contributed by atoms with Gasteiger partial charge in [-0.15, -0.1) is 21.5 Å². The van der Waals surface area contributed by atoms with Crippen LogP contribution in [-0.2, 0) is 29.0 Å². The van der Waals surface area contributed by atoms with Crippen molar-refractivity contribution in [3.63, 3.8) is 0 Å². The van der Waals surface area contributed by atoms with Crippen LogP contribution in [-0.4, -0.2) is 86.2 Å². The van der Waals surface area contributed by atoms with Gasteiger partial charge in [0.2, 0.25) is 0 Å². The number of para-hydroxylation sites is 1. The minimum absolute atomic E-state index is 0.146. The van der Waals surface area contributed by atoms with Crippen molar-refractivity contribution >= 4 is 63.7 Å². The van der Waals surface area contributed by atoms with Crippen LogP contribution in [0.15, 0.2) is 47.5 Å². The molecule has 15 heteroatoms. The molecule has 0 aliphatic carbocycles. The fourth-order valence-corrected chi connectivity index (χ4v) is 8.90. The second-order valence-corrected chi connectivity index (χ2v) is 22.5. The summed E-state index contributed by atoms with van der Waals surface area (Å²) in [7, 11) is 4.00. The number of aryl methyl sites for hydroxylation is 1. The number of hydrogen-bond donors (Lipinski definition) is 0. The maximum absolute atomic E-state index is 14.6. The van der Waals surface area contributed by atoms with Crippen LogP contribution in [0.25, 0.3) is 10.2 Å². The number of rotatable bonds is 14. The van der Waals surface area contributed by atoms with Crippen LogP contribution in [0.3, 0.4) is 0 Å². The standard InChI is InChI=1S/C40H48FN7O4S2Si/c1-27-29-14-11-21-47(37(29)45-44-36(27)43-40-48(26-51-23-24-55(5,6)7)31-15-8-9-16-33(31)53-40)39-42-35(38(49)50-4)34(54-39)17-12-22-52-32-25-28(18-19-30(32)41)13-10-20-46(2)3/h8-9,15-16,18-19,25H,11-12,14,17,20-24,26H2,1-7H3/b43-40-. The lowest BCUT2D eigenvalue weighted by Gasteiger charge is -2.28. The number of carbonyl (C=O) groups is 1. The SMILES string of the molecule is COC(=O)c1nc(N2CCCc3c2nnc(/N=c2\sc4ccccc4n2COCC[Si](C)(C)C)c3C)sc1CCCOc1cc(C#CCN(C)C)ccc1F. The van der Waals surface area contributed by atoms with Crippen molar-refractivity contribution in [3.8, 4) is 17.6 Å². The van der Waals surface area contributed by atoms with E-state index in [0.717, 1.165) is 49.9 Å². The van der Waals surface area contributed by atoms with Crippen molar-refractivity contribution in [1.82, 2.24) is 24.6 Å². The predicted molar refractivity (Wildman–Crippen MR) is 220 cm³/mol. The van der Waals surface area contributed by atoms with Crippen LogP contribution in [0.2, 0.25) is 25.7 Å². The van der Waals surface area contributed by atoms with Crippen LogP contribution < -0.4 is 14.4 Å². The quantitative estimate of drug-likeness (QED) is 0.0483. The topological polar surface area (TPSA) is 107 Å². The zero-order valence-electron chi connectivity index (χ0n) is 32.6. The molecule has 0 amide bonds.